The Labute approximate surface area is 158 Å². The Balaban J connectivity index is 1.71. The molecule has 6 nitrogen and oxygen atoms in total. The minimum Gasteiger partial charge on any atom is -0.466 e. The van der Waals surface area contributed by atoms with Crippen LogP contribution in [0.15, 0.2) is 53.2 Å². The zero-order chi connectivity index (χ0) is 19.4. The fourth-order valence-electron chi connectivity index (χ4n) is 3.08. The van der Waals surface area contributed by atoms with Gasteiger partial charge in [0.1, 0.15) is 23.4 Å². The Morgan fingerprint density at radius 1 is 1.26 bits per heavy atom. The molecule has 0 unspecified atom stereocenters. The number of rotatable bonds is 7. The maximum absolute atomic E-state index is 12.6. The second-order valence-electron chi connectivity index (χ2n) is 6.55. The van der Waals surface area contributed by atoms with Gasteiger partial charge in [-0.25, -0.2) is 4.98 Å². The first kappa shape index (κ1) is 18.6. The summed E-state index contributed by atoms with van der Waals surface area (Å²) in [6.07, 6.45) is 4.26. The molecule has 6 heteroatoms. The van der Waals surface area contributed by atoms with Crippen LogP contribution in [-0.4, -0.2) is 21.2 Å². The van der Waals surface area contributed by atoms with E-state index in [1.54, 1.807) is 19.2 Å². The first-order chi connectivity index (χ1) is 13.0. The van der Waals surface area contributed by atoms with E-state index in [9.17, 15) is 9.59 Å². The van der Waals surface area contributed by atoms with E-state index in [1.165, 1.54) is 6.92 Å². The van der Waals surface area contributed by atoms with Crippen molar-refractivity contribution in [3.8, 4) is 0 Å². The second kappa shape index (κ2) is 8.03. The molecule has 0 aliphatic carbocycles. The third kappa shape index (κ3) is 4.34. The molecule has 1 atom stereocenters. The minimum absolute atomic E-state index is 0.0362. The van der Waals surface area contributed by atoms with Gasteiger partial charge in [-0.15, -0.1) is 0 Å². The highest BCUT2D eigenvalue weighted by molar-refractivity contribution is 5.95. The molecule has 2 heterocycles. The van der Waals surface area contributed by atoms with Crippen LogP contribution in [0.2, 0.25) is 0 Å². The van der Waals surface area contributed by atoms with Crippen LogP contribution in [0, 0.1) is 6.92 Å². The van der Waals surface area contributed by atoms with Crippen LogP contribution in [0.3, 0.4) is 0 Å². The molecule has 2 aromatic heterocycles. The number of aryl methyl sites for hydroxylation is 3. The highest BCUT2D eigenvalue weighted by Crippen LogP contribution is 2.21. The van der Waals surface area contributed by atoms with E-state index < -0.39 is 0 Å². The molecular weight excluding hydrogens is 342 g/mol. The van der Waals surface area contributed by atoms with Crippen LogP contribution in [0.25, 0.3) is 0 Å². The number of carbonyl (C=O) groups excluding carboxylic acids is 2. The number of nitrogens with zero attached hydrogens (tertiary/aromatic N) is 2. The van der Waals surface area contributed by atoms with Crippen LogP contribution in [-0.2, 0) is 18.3 Å². The number of hydrogen-bond donors (Lipinski definition) is 1. The Morgan fingerprint density at radius 3 is 2.59 bits per heavy atom. The summed E-state index contributed by atoms with van der Waals surface area (Å²) in [6, 6.07) is 11.1. The average Bonchev–Trinajstić information content (AvgIpc) is 3.24. The molecule has 0 spiro atoms. The molecule has 0 aliphatic heterocycles. The fourth-order valence-corrected chi connectivity index (χ4v) is 3.08. The number of furan rings is 1. The lowest BCUT2D eigenvalue weighted by Crippen LogP contribution is -2.31. The number of imidazole rings is 1. The van der Waals surface area contributed by atoms with Crippen molar-refractivity contribution in [3.05, 3.63) is 77.3 Å². The zero-order valence-corrected chi connectivity index (χ0v) is 15.7. The molecule has 140 valence electrons. The van der Waals surface area contributed by atoms with Gasteiger partial charge in [-0.05, 0) is 25.5 Å². The normalized spacial score (nSPS) is 12.0. The first-order valence-corrected chi connectivity index (χ1v) is 8.87. The van der Waals surface area contributed by atoms with Crippen LogP contribution >= 0.6 is 0 Å². The van der Waals surface area contributed by atoms with Gasteiger partial charge in [-0.2, -0.15) is 0 Å². The topological polar surface area (TPSA) is 77.1 Å². The van der Waals surface area contributed by atoms with Crippen molar-refractivity contribution in [3.63, 3.8) is 0 Å². The predicted octanol–water partition coefficient (Wildman–Crippen LogP) is 3.36. The van der Waals surface area contributed by atoms with Gasteiger partial charge < -0.3 is 14.3 Å². The summed E-state index contributed by atoms with van der Waals surface area (Å²) >= 11 is 0. The summed E-state index contributed by atoms with van der Waals surface area (Å²) in [5.74, 6) is 1.85. The summed E-state index contributed by atoms with van der Waals surface area (Å²) in [6.45, 7) is 3.26. The smallest absolute Gasteiger partial charge is 0.221 e. The molecule has 1 aromatic carbocycles. The summed E-state index contributed by atoms with van der Waals surface area (Å²) in [5, 5.41) is 3.06. The highest BCUT2D eigenvalue weighted by Gasteiger charge is 2.21. The molecule has 0 radical (unpaired) electrons. The Kier molecular flexibility index (Phi) is 5.54. The van der Waals surface area contributed by atoms with Gasteiger partial charge in [0.25, 0.3) is 0 Å². The zero-order valence-electron chi connectivity index (χ0n) is 15.7. The predicted molar refractivity (Wildman–Crippen MR) is 101 cm³/mol. The Bertz CT molecular complexity index is 941. The summed E-state index contributed by atoms with van der Waals surface area (Å²) < 4.78 is 7.49. The molecule has 3 rings (SSSR count). The minimum atomic E-state index is -0.329. The van der Waals surface area contributed by atoms with Gasteiger partial charge in [0.2, 0.25) is 5.91 Å². The van der Waals surface area contributed by atoms with Crippen molar-refractivity contribution in [2.24, 2.45) is 7.05 Å². The molecule has 0 aliphatic rings. The van der Waals surface area contributed by atoms with E-state index in [4.69, 9.17) is 4.42 Å². The van der Waals surface area contributed by atoms with E-state index in [2.05, 4.69) is 10.3 Å². The first-order valence-electron chi connectivity index (χ1n) is 8.87. The van der Waals surface area contributed by atoms with E-state index in [0.717, 1.165) is 11.4 Å². The monoisotopic (exact) mass is 365 g/mol. The number of hydrogen-bond acceptors (Lipinski definition) is 4. The fraction of sp³-hybridized carbons (Fsp3) is 0.286. The lowest BCUT2D eigenvalue weighted by atomic mass is 10.1. The van der Waals surface area contributed by atoms with Gasteiger partial charge in [0.15, 0.2) is 5.78 Å². The van der Waals surface area contributed by atoms with Crippen molar-refractivity contribution >= 4 is 11.7 Å². The molecule has 0 saturated carbocycles. The number of Topliss-reactive ketones (excluding diaryl/α,β-unsaturated/α-hetero) is 1. The number of amides is 1. The van der Waals surface area contributed by atoms with E-state index >= 15 is 0 Å². The quantitative estimate of drug-likeness (QED) is 0.651. The Hall–Kier alpha value is -3.15. The molecule has 1 N–H and O–H groups in total. The van der Waals surface area contributed by atoms with Crippen LogP contribution in [0.1, 0.15) is 52.7 Å². The summed E-state index contributed by atoms with van der Waals surface area (Å²) in [7, 11) is 1.90. The SMILES string of the molecule is CC(=O)c1cc(CCC(=O)N[C@@H](c2ccccc2)c2nccn2C)oc1C. The van der Waals surface area contributed by atoms with Crippen LogP contribution in [0.5, 0.6) is 0 Å². The van der Waals surface area contributed by atoms with Crippen molar-refractivity contribution < 1.29 is 14.0 Å². The number of aromatic nitrogens is 2. The number of carbonyl (C=O) groups is 2. The summed E-state index contributed by atoms with van der Waals surface area (Å²) in [5.41, 5.74) is 1.54. The molecule has 0 saturated heterocycles. The third-order valence-corrected chi connectivity index (χ3v) is 4.50. The number of benzene rings is 1. The van der Waals surface area contributed by atoms with E-state index in [-0.39, 0.29) is 24.2 Å². The average molecular weight is 365 g/mol. The van der Waals surface area contributed by atoms with E-state index in [0.29, 0.717) is 23.5 Å². The molecule has 27 heavy (non-hydrogen) atoms. The molecular formula is C21H23N3O3. The van der Waals surface area contributed by atoms with Gasteiger partial charge in [-0.1, -0.05) is 30.3 Å². The molecule has 0 bridgehead atoms. The molecule has 1 amide bonds. The lowest BCUT2D eigenvalue weighted by molar-refractivity contribution is -0.121. The third-order valence-electron chi connectivity index (χ3n) is 4.50. The second-order valence-corrected chi connectivity index (χ2v) is 6.55. The van der Waals surface area contributed by atoms with Crippen LogP contribution < -0.4 is 5.32 Å². The molecule has 3 aromatic rings. The number of ketones is 1. The summed E-state index contributed by atoms with van der Waals surface area (Å²) in [4.78, 5) is 28.5. The maximum atomic E-state index is 12.6. The highest BCUT2D eigenvalue weighted by atomic mass is 16.3. The van der Waals surface area contributed by atoms with Gasteiger partial charge in [-0.3, -0.25) is 9.59 Å². The van der Waals surface area contributed by atoms with Crippen LogP contribution in [0.4, 0.5) is 0 Å². The number of nitrogens with one attached hydrogen (secondary N) is 1. The largest absolute Gasteiger partial charge is 0.466 e. The maximum Gasteiger partial charge on any atom is 0.221 e. The van der Waals surface area contributed by atoms with Gasteiger partial charge in [0.05, 0.1) is 5.56 Å². The van der Waals surface area contributed by atoms with Crippen molar-refractivity contribution in [1.29, 1.82) is 0 Å². The lowest BCUT2D eigenvalue weighted by Gasteiger charge is -2.19. The van der Waals surface area contributed by atoms with Gasteiger partial charge in [0, 0.05) is 32.3 Å². The van der Waals surface area contributed by atoms with Crippen molar-refractivity contribution in [1.82, 2.24) is 14.9 Å². The Morgan fingerprint density at radius 2 is 2.00 bits per heavy atom. The van der Waals surface area contributed by atoms with E-state index in [1.807, 2.05) is 48.1 Å². The van der Waals surface area contributed by atoms with Crippen molar-refractivity contribution in [2.75, 3.05) is 0 Å². The standard InChI is InChI=1S/C21H23N3O3/c1-14(25)18-13-17(27-15(18)2)9-10-19(26)23-20(16-7-5-4-6-8-16)21-22-11-12-24(21)3/h4-8,11-13,20H,9-10H2,1-3H3,(H,23,26)/t20-/m0/s1. The molecule has 0 fully saturated rings. The van der Waals surface area contributed by atoms with Crippen molar-refractivity contribution in [2.45, 2.75) is 32.7 Å². The van der Waals surface area contributed by atoms with Gasteiger partial charge >= 0.3 is 0 Å².